The predicted octanol–water partition coefficient (Wildman–Crippen LogP) is 3.41. The van der Waals surface area contributed by atoms with Crippen molar-refractivity contribution in [3.05, 3.63) is 41.7 Å². The molecule has 1 N–H and O–H groups in total. The lowest BCUT2D eigenvalue weighted by atomic mass is 10.2. The molecule has 2 unspecified atom stereocenters. The molecule has 1 fully saturated rings. The maximum absolute atomic E-state index is 12.9. The normalized spacial score (nSPS) is 20.3. The smallest absolute Gasteiger partial charge is 0.248 e. The van der Waals surface area contributed by atoms with E-state index in [-0.39, 0.29) is 23.0 Å². The van der Waals surface area contributed by atoms with Gasteiger partial charge in [0.2, 0.25) is 11.8 Å². The lowest BCUT2D eigenvalue weighted by molar-refractivity contribution is -0.134. The first kappa shape index (κ1) is 17.5. The van der Waals surface area contributed by atoms with Crippen LogP contribution in [0, 0.1) is 5.82 Å². The first-order chi connectivity index (χ1) is 10.9. The van der Waals surface area contributed by atoms with Gasteiger partial charge in [-0.3, -0.25) is 9.59 Å². The summed E-state index contributed by atoms with van der Waals surface area (Å²) in [7, 11) is 0. The lowest BCUT2D eigenvalue weighted by Gasteiger charge is -2.27. The summed E-state index contributed by atoms with van der Waals surface area (Å²) in [6.07, 6.45) is 2.35. The average molecular weight is 336 g/mol. The minimum Gasteiger partial charge on any atom is -0.324 e. The van der Waals surface area contributed by atoms with Crippen molar-refractivity contribution in [3.8, 4) is 0 Å². The molecule has 0 saturated carbocycles. The summed E-state index contributed by atoms with van der Waals surface area (Å²) in [4.78, 5) is 26.6. The Balaban J connectivity index is 2.15. The minimum absolute atomic E-state index is 0.00191. The van der Waals surface area contributed by atoms with Crippen LogP contribution in [-0.2, 0) is 9.59 Å². The summed E-state index contributed by atoms with van der Waals surface area (Å²) in [6.45, 7) is 5.71. The van der Waals surface area contributed by atoms with Crippen LogP contribution in [0.2, 0.25) is 0 Å². The Morgan fingerprint density at radius 2 is 2.00 bits per heavy atom. The van der Waals surface area contributed by atoms with Gasteiger partial charge < -0.3 is 10.2 Å². The first-order valence-corrected chi connectivity index (χ1v) is 8.62. The third-order valence-corrected chi connectivity index (χ3v) is 4.98. The molecule has 0 aliphatic carbocycles. The number of hydrogen-bond donors (Lipinski definition) is 1. The Hall–Kier alpha value is -1.82. The van der Waals surface area contributed by atoms with E-state index in [2.05, 4.69) is 5.32 Å². The first-order valence-electron chi connectivity index (χ1n) is 7.57. The van der Waals surface area contributed by atoms with Crippen LogP contribution in [-0.4, -0.2) is 33.9 Å². The number of rotatable bonds is 4. The van der Waals surface area contributed by atoms with Crippen LogP contribution >= 0.6 is 11.8 Å². The van der Waals surface area contributed by atoms with Gasteiger partial charge in [0.05, 0.1) is 5.37 Å². The molecule has 0 bridgehead atoms. The number of carbonyl (C=O) groups excluding carboxylic acids is 2. The van der Waals surface area contributed by atoms with E-state index in [9.17, 15) is 14.0 Å². The Labute approximate surface area is 140 Å². The molecule has 23 heavy (non-hydrogen) atoms. The Morgan fingerprint density at radius 3 is 2.57 bits per heavy atom. The molecule has 0 aromatic heterocycles. The Morgan fingerprint density at radius 1 is 1.35 bits per heavy atom. The summed E-state index contributed by atoms with van der Waals surface area (Å²) < 4.78 is 12.9. The Bertz CT molecular complexity index is 612. The van der Waals surface area contributed by atoms with E-state index in [4.69, 9.17) is 0 Å². The van der Waals surface area contributed by atoms with Crippen molar-refractivity contribution in [2.45, 2.75) is 38.6 Å². The monoisotopic (exact) mass is 336 g/mol. The van der Waals surface area contributed by atoms with Gasteiger partial charge in [0.1, 0.15) is 11.9 Å². The molecule has 1 saturated heterocycles. The molecule has 0 radical (unpaired) electrons. The maximum Gasteiger partial charge on any atom is 0.248 e. The zero-order valence-electron chi connectivity index (χ0n) is 13.5. The van der Waals surface area contributed by atoms with Crippen LogP contribution in [0.5, 0.6) is 0 Å². The van der Waals surface area contributed by atoms with Gasteiger partial charge in [-0.1, -0.05) is 12.5 Å². The third kappa shape index (κ3) is 4.34. The molecule has 2 amide bonds. The number of nitrogens with zero attached hydrogens (tertiary/aromatic N) is 1. The molecule has 6 heteroatoms. The molecule has 1 aliphatic heterocycles. The number of allylic oxidation sites excluding steroid dienone is 1. The predicted molar refractivity (Wildman–Crippen MR) is 91.6 cm³/mol. The van der Waals surface area contributed by atoms with Crippen LogP contribution in [0.15, 0.2) is 35.9 Å². The third-order valence-electron chi connectivity index (χ3n) is 3.52. The van der Waals surface area contributed by atoms with Gasteiger partial charge in [-0.05, 0) is 44.5 Å². The minimum atomic E-state index is -0.516. The van der Waals surface area contributed by atoms with Crippen molar-refractivity contribution >= 4 is 29.3 Å². The molecule has 1 aromatic carbocycles. The van der Waals surface area contributed by atoms with Gasteiger partial charge in [0.25, 0.3) is 0 Å². The molecule has 124 valence electrons. The largest absolute Gasteiger partial charge is 0.324 e. The number of amides is 2. The number of nitrogens with one attached hydrogen (secondary N) is 1. The van der Waals surface area contributed by atoms with Crippen LogP contribution in [0.1, 0.15) is 27.2 Å². The zero-order chi connectivity index (χ0) is 17.0. The van der Waals surface area contributed by atoms with Gasteiger partial charge in [-0.15, -0.1) is 11.8 Å². The number of anilines is 1. The second-order valence-corrected chi connectivity index (χ2v) is 6.89. The second-order valence-electron chi connectivity index (χ2n) is 5.68. The standard InChI is InChI=1S/C17H21FN2O2S/c1-4-16-20(15(21)9-11(2)3)14(10-23-16)17(22)19-13-7-5-12(18)6-8-13/h5-9,14,16H,4,10H2,1-3H3,(H,19,22). The molecule has 1 aliphatic rings. The number of carbonyl (C=O) groups is 2. The molecule has 0 spiro atoms. The highest BCUT2D eigenvalue weighted by Gasteiger charge is 2.39. The molecule has 1 aromatic rings. The lowest BCUT2D eigenvalue weighted by Crippen LogP contribution is -2.47. The van der Waals surface area contributed by atoms with E-state index in [0.717, 1.165) is 12.0 Å². The van der Waals surface area contributed by atoms with E-state index in [1.54, 1.807) is 22.7 Å². The van der Waals surface area contributed by atoms with Crippen LogP contribution in [0.25, 0.3) is 0 Å². The highest BCUT2D eigenvalue weighted by molar-refractivity contribution is 8.00. The molecule has 1 heterocycles. The summed E-state index contributed by atoms with van der Waals surface area (Å²) in [5.41, 5.74) is 1.43. The maximum atomic E-state index is 12.9. The number of hydrogen-bond acceptors (Lipinski definition) is 3. The molecule has 2 atom stereocenters. The van der Waals surface area contributed by atoms with Crippen LogP contribution in [0.3, 0.4) is 0 Å². The van der Waals surface area contributed by atoms with Gasteiger partial charge in [-0.25, -0.2) is 4.39 Å². The number of halogens is 1. The van der Waals surface area contributed by atoms with Crippen LogP contribution in [0.4, 0.5) is 10.1 Å². The fourth-order valence-electron chi connectivity index (χ4n) is 2.46. The van der Waals surface area contributed by atoms with E-state index >= 15 is 0 Å². The summed E-state index contributed by atoms with van der Waals surface area (Å²) in [5, 5.41) is 2.76. The SMILES string of the molecule is CCC1SCC(C(=O)Nc2ccc(F)cc2)N1C(=O)C=C(C)C. The quantitative estimate of drug-likeness (QED) is 0.857. The van der Waals surface area contributed by atoms with Crippen molar-refractivity contribution in [2.24, 2.45) is 0 Å². The number of thioether (sulfide) groups is 1. The summed E-state index contributed by atoms with van der Waals surface area (Å²) >= 11 is 1.61. The van der Waals surface area contributed by atoms with E-state index in [1.165, 1.54) is 24.3 Å². The fraction of sp³-hybridized carbons (Fsp3) is 0.412. The van der Waals surface area contributed by atoms with Crippen LogP contribution < -0.4 is 5.32 Å². The zero-order valence-corrected chi connectivity index (χ0v) is 14.3. The van der Waals surface area contributed by atoms with Crippen molar-refractivity contribution in [3.63, 3.8) is 0 Å². The van der Waals surface area contributed by atoms with Crippen molar-refractivity contribution in [2.75, 3.05) is 11.1 Å². The van der Waals surface area contributed by atoms with Gasteiger partial charge in [0, 0.05) is 17.5 Å². The van der Waals surface area contributed by atoms with E-state index < -0.39 is 6.04 Å². The van der Waals surface area contributed by atoms with E-state index in [1.807, 2.05) is 20.8 Å². The molecule has 2 rings (SSSR count). The van der Waals surface area contributed by atoms with Crippen molar-refractivity contribution < 1.29 is 14.0 Å². The van der Waals surface area contributed by atoms with Crippen molar-refractivity contribution in [1.29, 1.82) is 0 Å². The molecular formula is C17H21FN2O2S. The second kappa shape index (κ2) is 7.64. The van der Waals surface area contributed by atoms with E-state index in [0.29, 0.717) is 11.4 Å². The highest BCUT2D eigenvalue weighted by atomic mass is 32.2. The molecular weight excluding hydrogens is 315 g/mol. The van der Waals surface area contributed by atoms with Gasteiger partial charge in [-0.2, -0.15) is 0 Å². The summed E-state index contributed by atoms with van der Waals surface area (Å²) in [5.74, 6) is -0.170. The topological polar surface area (TPSA) is 49.4 Å². The average Bonchev–Trinajstić information content (AvgIpc) is 2.93. The number of benzene rings is 1. The Kier molecular flexibility index (Phi) is 5.82. The fourth-order valence-corrected chi connectivity index (χ4v) is 3.82. The van der Waals surface area contributed by atoms with Gasteiger partial charge in [0.15, 0.2) is 0 Å². The molecule has 4 nitrogen and oxygen atoms in total. The van der Waals surface area contributed by atoms with Crippen molar-refractivity contribution in [1.82, 2.24) is 4.90 Å². The van der Waals surface area contributed by atoms with Gasteiger partial charge >= 0.3 is 0 Å². The summed E-state index contributed by atoms with van der Waals surface area (Å²) in [6, 6.07) is 5.09. The highest BCUT2D eigenvalue weighted by Crippen LogP contribution is 2.32.